The van der Waals surface area contributed by atoms with E-state index in [4.69, 9.17) is 16.3 Å². The molecule has 0 bridgehead atoms. The Bertz CT molecular complexity index is 493. The van der Waals surface area contributed by atoms with Crippen LogP contribution in [0, 0.1) is 11.7 Å². The van der Waals surface area contributed by atoms with Crippen LogP contribution in [0.25, 0.3) is 0 Å². The van der Waals surface area contributed by atoms with Gasteiger partial charge in [0.05, 0.1) is 0 Å². The number of halogens is 2. The first-order chi connectivity index (χ1) is 9.47. The molecule has 1 saturated carbocycles. The third-order valence-corrected chi connectivity index (χ3v) is 4.57. The van der Waals surface area contributed by atoms with Crippen molar-refractivity contribution < 1.29 is 13.9 Å². The second kappa shape index (κ2) is 6.23. The number of hydrogen-bond acceptors (Lipinski definition) is 2. The molecule has 2 rings (SSSR count). The standard InChI is InChI=1S/C16H20ClFO2/c1-11-5-7-16(20-2,8-6-11)15(19)10-12-9-13(17)3-4-14(12)18/h3-4,9,11H,5-8,10H2,1-2H3. The third kappa shape index (κ3) is 3.21. The first-order valence-electron chi connectivity index (χ1n) is 6.99. The van der Waals surface area contributed by atoms with Crippen LogP contribution in [0.2, 0.25) is 5.02 Å². The minimum absolute atomic E-state index is 0.0363. The highest BCUT2D eigenvalue weighted by atomic mass is 35.5. The molecular formula is C16H20ClFO2. The summed E-state index contributed by atoms with van der Waals surface area (Å²) < 4.78 is 19.3. The van der Waals surface area contributed by atoms with Crippen molar-refractivity contribution in [3.05, 3.63) is 34.6 Å². The lowest BCUT2D eigenvalue weighted by molar-refractivity contribution is -0.145. The van der Waals surface area contributed by atoms with E-state index in [0.717, 1.165) is 12.8 Å². The Morgan fingerprint density at radius 2 is 2.10 bits per heavy atom. The van der Waals surface area contributed by atoms with E-state index in [9.17, 15) is 9.18 Å². The Kier molecular flexibility index (Phi) is 4.82. The average molecular weight is 299 g/mol. The van der Waals surface area contributed by atoms with Crippen molar-refractivity contribution in [1.82, 2.24) is 0 Å². The number of methoxy groups -OCH3 is 1. The van der Waals surface area contributed by atoms with Crippen molar-refractivity contribution in [2.24, 2.45) is 5.92 Å². The van der Waals surface area contributed by atoms with Crippen LogP contribution in [0.5, 0.6) is 0 Å². The van der Waals surface area contributed by atoms with Gasteiger partial charge in [-0.1, -0.05) is 18.5 Å². The summed E-state index contributed by atoms with van der Waals surface area (Å²) >= 11 is 5.86. The second-order valence-electron chi connectivity index (χ2n) is 5.72. The SMILES string of the molecule is COC1(C(=O)Cc2cc(Cl)ccc2F)CCC(C)CC1. The van der Waals surface area contributed by atoms with Crippen LogP contribution in [0.3, 0.4) is 0 Å². The van der Waals surface area contributed by atoms with Crippen LogP contribution >= 0.6 is 11.6 Å². The van der Waals surface area contributed by atoms with Crippen LogP contribution in [0.4, 0.5) is 4.39 Å². The summed E-state index contributed by atoms with van der Waals surface area (Å²) in [4.78, 5) is 12.6. The van der Waals surface area contributed by atoms with E-state index >= 15 is 0 Å². The van der Waals surface area contributed by atoms with Gasteiger partial charge < -0.3 is 4.74 Å². The minimum Gasteiger partial charge on any atom is -0.370 e. The normalized spacial score (nSPS) is 26.5. The maximum Gasteiger partial charge on any atom is 0.169 e. The molecular weight excluding hydrogens is 279 g/mol. The van der Waals surface area contributed by atoms with Gasteiger partial charge in [-0.25, -0.2) is 4.39 Å². The van der Waals surface area contributed by atoms with E-state index < -0.39 is 11.4 Å². The summed E-state index contributed by atoms with van der Waals surface area (Å²) in [6, 6.07) is 4.30. The molecule has 4 heteroatoms. The summed E-state index contributed by atoms with van der Waals surface area (Å²) in [7, 11) is 1.57. The number of rotatable bonds is 4. The average Bonchev–Trinajstić information content (AvgIpc) is 2.44. The van der Waals surface area contributed by atoms with Gasteiger partial charge in [-0.05, 0) is 55.4 Å². The molecule has 0 unspecified atom stereocenters. The van der Waals surface area contributed by atoms with Gasteiger partial charge in [-0.2, -0.15) is 0 Å². The topological polar surface area (TPSA) is 26.3 Å². The van der Waals surface area contributed by atoms with E-state index in [2.05, 4.69) is 6.92 Å². The molecule has 1 aliphatic rings. The van der Waals surface area contributed by atoms with Gasteiger partial charge >= 0.3 is 0 Å². The lowest BCUT2D eigenvalue weighted by Crippen LogP contribution is -2.44. The van der Waals surface area contributed by atoms with E-state index in [1.54, 1.807) is 7.11 Å². The highest BCUT2D eigenvalue weighted by Crippen LogP contribution is 2.36. The fraction of sp³-hybridized carbons (Fsp3) is 0.562. The molecule has 1 aromatic carbocycles. The first kappa shape index (κ1) is 15.5. The van der Waals surface area contributed by atoms with E-state index in [-0.39, 0.29) is 12.2 Å². The fourth-order valence-corrected chi connectivity index (χ4v) is 3.03. The number of carbonyl (C=O) groups is 1. The Balaban J connectivity index is 2.15. The molecule has 0 atom stereocenters. The summed E-state index contributed by atoms with van der Waals surface area (Å²) in [5, 5.41) is 0.443. The molecule has 110 valence electrons. The van der Waals surface area contributed by atoms with Gasteiger partial charge in [0.25, 0.3) is 0 Å². The van der Waals surface area contributed by atoms with Crippen LogP contribution in [-0.4, -0.2) is 18.5 Å². The molecule has 2 nitrogen and oxygen atoms in total. The Morgan fingerprint density at radius 1 is 1.45 bits per heavy atom. The van der Waals surface area contributed by atoms with E-state index in [0.29, 0.717) is 29.3 Å². The molecule has 1 aromatic rings. The molecule has 0 spiro atoms. The number of ketones is 1. The Hall–Kier alpha value is -0.930. The zero-order valence-electron chi connectivity index (χ0n) is 11.9. The molecule has 0 heterocycles. The van der Waals surface area contributed by atoms with Crippen LogP contribution < -0.4 is 0 Å². The third-order valence-electron chi connectivity index (χ3n) is 4.34. The molecule has 0 N–H and O–H groups in total. The second-order valence-corrected chi connectivity index (χ2v) is 6.15. The highest BCUT2D eigenvalue weighted by molar-refractivity contribution is 6.30. The van der Waals surface area contributed by atoms with Crippen molar-refractivity contribution in [3.63, 3.8) is 0 Å². The van der Waals surface area contributed by atoms with Gasteiger partial charge in [-0.3, -0.25) is 4.79 Å². The minimum atomic E-state index is -0.749. The molecule has 0 saturated heterocycles. The largest absolute Gasteiger partial charge is 0.370 e. The van der Waals surface area contributed by atoms with Crippen molar-refractivity contribution in [2.45, 2.75) is 44.6 Å². The molecule has 0 radical (unpaired) electrons. The Morgan fingerprint density at radius 3 is 2.70 bits per heavy atom. The summed E-state index contributed by atoms with van der Waals surface area (Å²) in [5.74, 6) is 0.181. The fourth-order valence-electron chi connectivity index (χ4n) is 2.84. The maximum absolute atomic E-state index is 13.7. The van der Waals surface area contributed by atoms with Crippen molar-refractivity contribution in [2.75, 3.05) is 7.11 Å². The maximum atomic E-state index is 13.7. The number of ether oxygens (including phenoxy) is 1. The summed E-state index contributed by atoms with van der Waals surface area (Å²) in [6.07, 6.45) is 3.40. The predicted molar refractivity (Wildman–Crippen MR) is 77.5 cm³/mol. The van der Waals surface area contributed by atoms with Crippen molar-refractivity contribution in [1.29, 1.82) is 0 Å². The van der Waals surface area contributed by atoms with Crippen molar-refractivity contribution >= 4 is 17.4 Å². The van der Waals surface area contributed by atoms with Gasteiger partial charge in [-0.15, -0.1) is 0 Å². The number of Topliss-reactive ketones (excluding diaryl/α,β-unsaturated/α-hetero) is 1. The molecule has 0 aromatic heterocycles. The predicted octanol–water partition coefficient (Wildman–Crippen LogP) is 4.19. The van der Waals surface area contributed by atoms with Crippen LogP contribution in [0.15, 0.2) is 18.2 Å². The molecule has 1 fully saturated rings. The van der Waals surface area contributed by atoms with Gasteiger partial charge in [0, 0.05) is 18.6 Å². The first-order valence-corrected chi connectivity index (χ1v) is 7.37. The number of carbonyl (C=O) groups excluding carboxylic acids is 1. The van der Waals surface area contributed by atoms with Gasteiger partial charge in [0.15, 0.2) is 5.78 Å². The number of hydrogen-bond donors (Lipinski definition) is 0. The number of benzene rings is 1. The smallest absolute Gasteiger partial charge is 0.169 e. The summed E-state index contributed by atoms with van der Waals surface area (Å²) in [5.41, 5.74) is -0.404. The summed E-state index contributed by atoms with van der Waals surface area (Å²) in [6.45, 7) is 2.18. The molecule has 1 aliphatic carbocycles. The van der Waals surface area contributed by atoms with Gasteiger partial charge in [0.1, 0.15) is 11.4 Å². The Labute approximate surface area is 124 Å². The lowest BCUT2D eigenvalue weighted by atomic mass is 9.76. The van der Waals surface area contributed by atoms with Crippen LogP contribution in [-0.2, 0) is 16.0 Å². The molecule has 0 aliphatic heterocycles. The van der Waals surface area contributed by atoms with Crippen molar-refractivity contribution in [3.8, 4) is 0 Å². The van der Waals surface area contributed by atoms with Gasteiger partial charge in [0.2, 0.25) is 0 Å². The lowest BCUT2D eigenvalue weighted by Gasteiger charge is -2.37. The zero-order chi connectivity index (χ0) is 14.8. The monoisotopic (exact) mass is 298 g/mol. The highest BCUT2D eigenvalue weighted by Gasteiger charge is 2.40. The quantitative estimate of drug-likeness (QED) is 0.833. The van der Waals surface area contributed by atoms with E-state index in [1.165, 1.54) is 18.2 Å². The molecule has 0 amide bonds. The zero-order valence-corrected chi connectivity index (χ0v) is 12.7. The van der Waals surface area contributed by atoms with Crippen LogP contribution in [0.1, 0.15) is 38.2 Å². The molecule has 20 heavy (non-hydrogen) atoms. The van der Waals surface area contributed by atoms with E-state index in [1.807, 2.05) is 0 Å².